The van der Waals surface area contributed by atoms with Gasteiger partial charge in [0.05, 0.1) is 15.6 Å². The number of hydrogen-bond donors (Lipinski definition) is 1. The maximum atomic E-state index is 12.2. The molecule has 0 spiro atoms. The summed E-state index contributed by atoms with van der Waals surface area (Å²) in [5.41, 5.74) is 0.413. The Bertz CT molecular complexity index is 736. The highest BCUT2D eigenvalue weighted by atomic mass is 35.5. The summed E-state index contributed by atoms with van der Waals surface area (Å²) in [6.45, 7) is 5.29. The van der Waals surface area contributed by atoms with Gasteiger partial charge in [-0.25, -0.2) is 9.97 Å². The fourth-order valence-electron chi connectivity index (χ4n) is 2.90. The quantitative estimate of drug-likeness (QED) is 0.764. The molecule has 0 radical (unpaired) electrons. The van der Waals surface area contributed by atoms with E-state index < -0.39 is 0 Å². The zero-order chi connectivity index (χ0) is 18.4. The Balaban J connectivity index is 1.37. The van der Waals surface area contributed by atoms with Crippen LogP contribution in [0.2, 0.25) is 10.0 Å². The van der Waals surface area contributed by atoms with Crippen LogP contribution in [-0.4, -0.2) is 60.0 Å². The van der Waals surface area contributed by atoms with Gasteiger partial charge in [-0.15, -0.1) is 0 Å². The molecule has 1 amide bonds. The van der Waals surface area contributed by atoms with Crippen molar-refractivity contribution in [3.05, 3.63) is 52.3 Å². The average Bonchev–Trinajstić information content (AvgIpc) is 2.68. The third-order valence-electron chi connectivity index (χ3n) is 4.34. The number of hydrogen-bond acceptors (Lipinski definition) is 5. The van der Waals surface area contributed by atoms with Crippen LogP contribution in [0.4, 0.5) is 5.95 Å². The minimum Gasteiger partial charge on any atom is -0.352 e. The van der Waals surface area contributed by atoms with E-state index in [1.165, 1.54) is 0 Å². The highest BCUT2D eigenvalue weighted by molar-refractivity contribution is 6.43. The lowest BCUT2D eigenvalue weighted by Gasteiger charge is -2.34. The summed E-state index contributed by atoms with van der Waals surface area (Å²) in [6, 6.07) is 6.89. The van der Waals surface area contributed by atoms with E-state index in [1.807, 2.05) is 6.07 Å². The van der Waals surface area contributed by atoms with Crippen molar-refractivity contribution in [2.24, 2.45) is 0 Å². The third-order valence-corrected chi connectivity index (χ3v) is 5.16. The van der Waals surface area contributed by atoms with Gasteiger partial charge in [0, 0.05) is 45.1 Å². The van der Waals surface area contributed by atoms with Crippen molar-refractivity contribution in [1.82, 2.24) is 20.2 Å². The molecule has 1 fully saturated rings. The zero-order valence-electron chi connectivity index (χ0n) is 14.4. The summed E-state index contributed by atoms with van der Waals surface area (Å²) >= 11 is 12.0. The van der Waals surface area contributed by atoms with Crippen LogP contribution in [0, 0.1) is 0 Å². The molecule has 0 aliphatic carbocycles. The molecule has 26 heavy (non-hydrogen) atoms. The van der Waals surface area contributed by atoms with Crippen molar-refractivity contribution in [2.75, 3.05) is 44.2 Å². The van der Waals surface area contributed by atoms with Crippen molar-refractivity contribution in [2.45, 2.75) is 6.42 Å². The van der Waals surface area contributed by atoms with Gasteiger partial charge in [0.15, 0.2) is 0 Å². The molecule has 1 N–H and O–H groups in total. The molecule has 2 heterocycles. The smallest absolute Gasteiger partial charge is 0.252 e. The Labute approximate surface area is 163 Å². The topological polar surface area (TPSA) is 61.4 Å². The number of nitrogens with zero attached hydrogens (tertiary/aromatic N) is 4. The third kappa shape index (κ3) is 4.84. The van der Waals surface area contributed by atoms with Gasteiger partial charge in [-0.2, -0.15) is 0 Å². The Morgan fingerprint density at radius 3 is 2.54 bits per heavy atom. The molecule has 6 nitrogen and oxygen atoms in total. The number of nitrogens with one attached hydrogen (secondary N) is 1. The van der Waals surface area contributed by atoms with E-state index in [0.717, 1.165) is 45.1 Å². The van der Waals surface area contributed by atoms with E-state index in [-0.39, 0.29) is 5.91 Å². The largest absolute Gasteiger partial charge is 0.352 e. The number of rotatable bonds is 6. The minimum atomic E-state index is -0.191. The molecule has 3 rings (SSSR count). The number of aromatic nitrogens is 2. The number of anilines is 1. The van der Waals surface area contributed by atoms with Gasteiger partial charge < -0.3 is 10.2 Å². The first-order valence-corrected chi connectivity index (χ1v) is 9.37. The second-order valence-corrected chi connectivity index (χ2v) is 6.87. The van der Waals surface area contributed by atoms with E-state index in [1.54, 1.807) is 30.6 Å². The molecule has 1 saturated heterocycles. The number of piperazine rings is 1. The number of carbonyl (C=O) groups excluding carboxylic acids is 1. The van der Waals surface area contributed by atoms with Crippen LogP contribution in [0.5, 0.6) is 0 Å². The Morgan fingerprint density at radius 2 is 1.81 bits per heavy atom. The van der Waals surface area contributed by atoms with Crippen LogP contribution in [-0.2, 0) is 0 Å². The number of carbonyl (C=O) groups is 1. The first-order valence-electron chi connectivity index (χ1n) is 8.61. The summed E-state index contributed by atoms with van der Waals surface area (Å²) in [7, 11) is 0. The van der Waals surface area contributed by atoms with Crippen LogP contribution in [0.1, 0.15) is 16.8 Å². The van der Waals surface area contributed by atoms with Crippen LogP contribution in [0.15, 0.2) is 36.7 Å². The minimum absolute atomic E-state index is 0.191. The molecule has 138 valence electrons. The summed E-state index contributed by atoms with van der Waals surface area (Å²) in [6.07, 6.45) is 4.42. The Kier molecular flexibility index (Phi) is 6.66. The maximum absolute atomic E-state index is 12.2. The molecular weight excluding hydrogens is 373 g/mol. The molecule has 1 aromatic heterocycles. The monoisotopic (exact) mass is 393 g/mol. The standard InChI is InChI=1S/C18H21Cl2N5O/c19-15-5-1-4-14(16(15)20)17(26)21-8-3-9-24-10-12-25(13-11-24)18-22-6-2-7-23-18/h1-2,4-7H,3,8-13H2,(H,21,26). The van der Waals surface area contributed by atoms with E-state index in [2.05, 4.69) is 25.1 Å². The average molecular weight is 394 g/mol. The summed E-state index contributed by atoms with van der Waals surface area (Å²) in [5, 5.41) is 3.59. The second-order valence-electron chi connectivity index (χ2n) is 6.09. The molecule has 2 aromatic rings. The van der Waals surface area contributed by atoms with Crippen molar-refractivity contribution in [1.29, 1.82) is 0 Å². The molecule has 1 aliphatic heterocycles. The lowest BCUT2D eigenvalue weighted by molar-refractivity contribution is 0.0951. The second kappa shape index (κ2) is 9.16. The van der Waals surface area contributed by atoms with Crippen molar-refractivity contribution >= 4 is 35.1 Å². The molecule has 1 aliphatic rings. The Hall–Kier alpha value is -1.89. The highest BCUT2D eigenvalue weighted by Crippen LogP contribution is 2.25. The predicted molar refractivity (Wildman–Crippen MR) is 104 cm³/mol. The molecule has 0 saturated carbocycles. The normalized spacial score (nSPS) is 15.1. The van der Waals surface area contributed by atoms with Gasteiger partial charge in [0.1, 0.15) is 0 Å². The van der Waals surface area contributed by atoms with Gasteiger partial charge in [-0.3, -0.25) is 9.69 Å². The van der Waals surface area contributed by atoms with Crippen LogP contribution >= 0.6 is 23.2 Å². The first-order chi connectivity index (χ1) is 12.6. The molecule has 8 heteroatoms. The number of amides is 1. The maximum Gasteiger partial charge on any atom is 0.252 e. The van der Waals surface area contributed by atoms with Gasteiger partial charge in [-0.05, 0) is 31.2 Å². The SMILES string of the molecule is O=C(NCCCN1CCN(c2ncccn2)CC1)c1cccc(Cl)c1Cl. The lowest BCUT2D eigenvalue weighted by atomic mass is 10.2. The van der Waals surface area contributed by atoms with E-state index in [0.29, 0.717) is 22.2 Å². The zero-order valence-corrected chi connectivity index (χ0v) is 15.9. The van der Waals surface area contributed by atoms with Crippen LogP contribution in [0.25, 0.3) is 0 Å². The fraction of sp³-hybridized carbons (Fsp3) is 0.389. The Morgan fingerprint density at radius 1 is 1.08 bits per heavy atom. The number of halogens is 2. The summed E-state index contributed by atoms with van der Waals surface area (Å²) in [5.74, 6) is 0.598. The van der Waals surface area contributed by atoms with Gasteiger partial charge >= 0.3 is 0 Å². The molecule has 1 aromatic carbocycles. The summed E-state index contributed by atoms with van der Waals surface area (Å²) < 4.78 is 0. The predicted octanol–water partition coefficient (Wildman–Crippen LogP) is 2.73. The van der Waals surface area contributed by atoms with Crippen molar-refractivity contribution < 1.29 is 4.79 Å². The molecule has 0 bridgehead atoms. The highest BCUT2D eigenvalue weighted by Gasteiger charge is 2.18. The molecule has 0 atom stereocenters. The van der Waals surface area contributed by atoms with Gasteiger partial charge in [-0.1, -0.05) is 29.3 Å². The van der Waals surface area contributed by atoms with E-state index >= 15 is 0 Å². The van der Waals surface area contributed by atoms with E-state index in [9.17, 15) is 4.79 Å². The first kappa shape index (κ1) is 18.9. The summed E-state index contributed by atoms with van der Waals surface area (Å²) in [4.78, 5) is 25.3. The molecule has 0 unspecified atom stereocenters. The van der Waals surface area contributed by atoms with Crippen LogP contribution in [0.3, 0.4) is 0 Å². The van der Waals surface area contributed by atoms with Crippen molar-refractivity contribution in [3.63, 3.8) is 0 Å². The van der Waals surface area contributed by atoms with Gasteiger partial charge in [0.25, 0.3) is 5.91 Å². The van der Waals surface area contributed by atoms with Crippen LogP contribution < -0.4 is 10.2 Å². The number of benzene rings is 1. The van der Waals surface area contributed by atoms with Gasteiger partial charge in [0.2, 0.25) is 5.95 Å². The van der Waals surface area contributed by atoms with E-state index in [4.69, 9.17) is 23.2 Å². The van der Waals surface area contributed by atoms with Crippen molar-refractivity contribution in [3.8, 4) is 0 Å². The lowest BCUT2D eigenvalue weighted by Crippen LogP contribution is -2.47. The fourth-order valence-corrected chi connectivity index (χ4v) is 3.29. The molecular formula is C18H21Cl2N5O.